The summed E-state index contributed by atoms with van der Waals surface area (Å²) in [7, 11) is 0. The summed E-state index contributed by atoms with van der Waals surface area (Å²) in [6.45, 7) is 4.43. The van der Waals surface area contributed by atoms with Crippen molar-refractivity contribution in [2.45, 2.75) is 155 Å². The number of hydrogen-bond acceptors (Lipinski definition) is 8. The summed E-state index contributed by atoms with van der Waals surface area (Å²) < 4.78 is 0. The van der Waals surface area contributed by atoms with Gasteiger partial charge in [-0.05, 0) is 12.8 Å². The molecule has 0 aliphatic rings. The number of ketones is 1. The molecule has 0 aromatic rings. The van der Waals surface area contributed by atoms with Gasteiger partial charge < -0.3 is 20.6 Å². The number of carbonyl (C=O) groups excluding carboxylic acids is 2. The van der Waals surface area contributed by atoms with Crippen LogP contribution in [-0.4, -0.2) is 125 Å². The van der Waals surface area contributed by atoms with Crippen molar-refractivity contribution in [3.05, 3.63) is 0 Å². The van der Waals surface area contributed by atoms with Crippen LogP contribution in [0.5, 0.6) is 0 Å². The summed E-state index contributed by atoms with van der Waals surface area (Å²) in [6.07, 6.45) is 25.3. The van der Waals surface area contributed by atoms with E-state index in [0.29, 0.717) is 13.0 Å². The normalized spacial score (nSPS) is 11.5. The topological polar surface area (TPSA) is 168 Å². The predicted octanol–water partition coefficient (Wildman–Crippen LogP) is 6.45. The van der Waals surface area contributed by atoms with Gasteiger partial charge in [-0.1, -0.05) is 136 Å². The standard InChI is InChI=1S/C39H74N4O8/c1-3-5-7-9-11-13-15-16-18-20-22-24-35(44)30-42(33-38(48)49)28-26-41(32-37(46)47)27-29-43(34-39(50)51)31-36(45)40-25-23-21-19-17-14-12-10-8-6-4-2/h3-34H2,1-2H3,(H,40,45)(H,46,47)(H,48,49)(H,50,51). The van der Waals surface area contributed by atoms with Crippen LogP contribution in [0.3, 0.4) is 0 Å². The van der Waals surface area contributed by atoms with Crippen LogP contribution < -0.4 is 5.32 Å². The van der Waals surface area contributed by atoms with Gasteiger partial charge in [-0.3, -0.25) is 38.7 Å². The van der Waals surface area contributed by atoms with Crippen molar-refractivity contribution in [3.8, 4) is 0 Å². The Hall–Kier alpha value is -2.57. The van der Waals surface area contributed by atoms with Crippen LogP contribution in [0.2, 0.25) is 0 Å². The number of rotatable bonds is 39. The summed E-state index contributed by atoms with van der Waals surface area (Å²) in [5.74, 6) is -3.55. The molecule has 298 valence electrons. The maximum atomic E-state index is 12.7. The Bertz CT molecular complexity index is 856. The number of carboxylic acid groups (broad SMARTS) is 3. The molecule has 12 nitrogen and oxygen atoms in total. The first-order chi connectivity index (χ1) is 24.6. The van der Waals surface area contributed by atoms with Crippen LogP contribution in [0.1, 0.15) is 155 Å². The molecule has 0 atom stereocenters. The van der Waals surface area contributed by atoms with Crippen LogP contribution in [0.25, 0.3) is 0 Å². The Kier molecular flexibility index (Phi) is 32.8. The molecule has 0 rings (SSSR count). The van der Waals surface area contributed by atoms with Gasteiger partial charge in [-0.25, -0.2) is 0 Å². The van der Waals surface area contributed by atoms with Crippen LogP contribution in [0, 0.1) is 0 Å². The third kappa shape index (κ3) is 34.3. The second-order valence-corrected chi connectivity index (χ2v) is 14.2. The molecule has 0 aliphatic heterocycles. The fourth-order valence-corrected chi connectivity index (χ4v) is 6.25. The third-order valence-corrected chi connectivity index (χ3v) is 9.22. The molecule has 0 saturated carbocycles. The van der Waals surface area contributed by atoms with Gasteiger partial charge in [0.2, 0.25) is 5.91 Å². The number of amides is 1. The van der Waals surface area contributed by atoms with E-state index in [1.165, 1.54) is 106 Å². The molecule has 4 N–H and O–H groups in total. The van der Waals surface area contributed by atoms with E-state index < -0.39 is 17.9 Å². The Morgan fingerprint density at radius 1 is 0.412 bits per heavy atom. The number of carboxylic acids is 3. The van der Waals surface area contributed by atoms with Crippen molar-refractivity contribution >= 4 is 29.6 Å². The fraction of sp³-hybridized carbons (Fsp3) is 0.872. The van der Waals surface area contributed by atoms with E-state index in [9.17, 15) is 39.3 Å². The zero-order chi connectivity index (χ0) is 38.0. The molecule has 0 spiro atoms. The molecule has 51 heavy (non-hydrogen) atoms. The van der Waals surface area contributed by atoms with Crippen LogP contribution in [0.15, 0.2) is 0 Å². The van der Waals surface area contributed by atoms with Crippen molar-refractivity contribution in [1.29, 1.82) is 0 Å². The molecule has 0 radical (unpaired) electrons. The highest BCUT2D eigenvalue weighted by Gasteiger charge is 2.20. The number of carbonyl (C=O) groups is 5. The Morgan fingerprint density at radius 2 is 0.745 bits per heavy atom. The first kappa shape index (κ1) is 48.4. The lowest BCUT2D eigenvalue weighted by Crippen LogP contribution is -2.46. The maximum absolute atomic E-state index is 12.7. The molecule has 0 unspecified atom stereocenters. The first-order valence-corrected chi connectivity index (χ1v) is 20.2. The van der Waals surface area contributed by atoms with Crippen molar-refractivity contribution in [1.82, 2.24) is 20.0 Å². The van der Waals surface area contributed by atoms with Gasteiger partial charge in [-0.2, -0.15) is 0 Å². The maximum Gasteiger partial charge on any atom is 0.317 e. The third-order valence-electron chi connectivity index (χ3n) is 9.22. The van der Waals surface area contributed by atoms with Gasteiger partial charge in [-0.15, -0.1) is 0 Å². The van der Waals surface area contributed by atoms with Crippen molar-refractivity contribution in [2.24, 2.45) is 0 Å². The lowest BCUT2D eigenvalue weighted by molar-refractivity contribution is -0.141. The van der Waals surface area contributed by atoms with Crippen LogP contribution in [0.4, 0.5) is 0 Å². The summed E-state index contributed by atoms with van der Waals surface area (Å²) in [4.78, 5) is 64.5. The van der Waals surface area contributed by atoms with E-state index in [2.05, 4.69) is 19.2 Å². The number of nitrogens with zero attached hydrogens (tertiary/aromatic N) is 3. The van der Waals surface area contributed by atoms with Crippen molar-refractivity contribution in [2.75, 3.05) is 65.4 Å². The molecule has 0 heterocycles. The van der Waals surface area contributed by atoms with Crippen LogP contribution in [-0.2, 0) is 24.0 Å². The smallest absolute Gasteiger partial charge is 0.317 e. The molecule has 0 aliphatic carbocycles. The first-order valence-electron chi connectivity index (χ1n) is 20.2. The van der Waals surface area contributed by atoms with E-state index in [1.54, 1.807) is 4.90 Å². The average molecular weight is 727 g/mol. The predicted molar refractivity (Wildman–Crippen MR) is 203 cm³/mol. The largest absolute Gasteiger partial charge is 0.480 e. The highest BCUT2D eigenvalue weighted by molar-refractivity contribution is 5.81. The molecule has 0 saturated heterocycles. The van der Waals surface area contributed by atoms with Crippen molar-refractivity contribution < 1.29 is 39.3 Å². The summed E-state index contributed by atoms with van der Waals surface area (Å²) in [6, 6.07) is 0. The summed E-state index contributed by atoms with van der Waals surface area (Å²) in [5.41, 5.74) is 0. The van der Waals surface area contributed by atoms with E-state index in [-0.39, 0.29) is 70.6 Å². The SMILES string of the molecule is CCCCCCCCCCCCCC(=O)CN(CCN(CCN(CC(=O)O)CC(=O)NCCCCCCCCCCCC)CC(=O)O)CC(=O)O. The quantitative estimate of drug-likeness (QED) is 0.0514. The molecule has 0 aromatic heterocycles. The second kappa shape index (κ2) is 34.5. The minimum Gasteiger partial charge on any atom is -0.480 e. The highest BCUT2D eigenvalue weighted by Crippen LogP contribution is 2.13. The monoisotopic (exact) mass is 727 g/mol. The second-order valence-electron chi connectivity index (χ2n) is 14.2. The summed E-state index contributed by atoms with van der Waals surface area (Å²) in [5, 5.41) is 31.2. The van der Waals surface area contributed by atoms with Gasteiger partial charge >= 0.3 is 17.9 Å². The zero-order valence-electron chi connectivity index (χ0n) is 32.4. The zero-order valence-corrected chi connectivity index (χ0v) is 32.4. The molecule has 0 bridgehead atoms. The molecule has 0 aromatic carbocycles. The van der Waals surface area contributed by atoms with Gasteiger partial charge in [0, 0.05) is 39.1 Å². The Labute approximate surface area is 309 Å². The number of hydrogen-bond donors (Lipinski definition) is 4. The Balaban J connectivity index is 4.63. The van der Waals surface area contributed by atoms with Crippen LogP contribution >= 0.6 is 0 Å². The van der Waals surface area contributed by atoms with Gasteiger partial charge in [0.1, 0.15) is 5.78 Å². The van der Waals surface area contributed by atoms with Gasteiger partial charge in [0.25, 0.3) is 0 Å². The highest BCUT2D eigenvalue weighted by atomic mass is 16.4. The van der Waals surface area contributed by atoms with Gasteiger partial charge in [0.05, 0.1) is 32.7 Å². The molecule has 0 fully saturated rings. The molecular formula is C39H74N4O8. The summed E-state index contributed by atoms with van der Waals surface area (Å²) >= 11 is 0. The van der Waals surface area contributed by atoms with E-state index in [0.717, 1.165) is 38.5 Å². The number of Topliss-reactive ketones (excluding diaryl/α,β-unsaturated/α-hetero) is 1. The van der Waals surface area contributed by atoms with E-state index in [1.807, 2.05) is 0 Å². The Morgan fingerprint density at radius 3 is 1.16 bits per heavy atom. The van der Waals surface area contributed by atoms with E-state index >= 15 is 0 Å². The van der Waals surface area contributed by atoms with E-state index in [4.69, 9.17) is 0 Å². The number of nitrogens with one attached hydrogen (secondary N) is 1. The molecule has 1 amide bonds. The lowest BCUT2D eigenvalue weighted by atomic mass is 10.0. The van der Waals surface area contributed by atoms with Crippen molar-refractivity contribution in [3.63, 3.8) is 0 Å². The molecule has 12 heteroatoms. The molecular weight excluding hydrogens is 652 g/mol. The fourth-order valence-electron chi connectivity index (χ4n) is 6.25. The number of aliphatic carboxylic acids is 3. The minimum absolute atomic E-state index is 0.0185. The average Bonchev–Trinajstić information content (AvgIpc) is 3.06. The van der Waals surface area contributed by atoms with Gasteiger partial charge in [0.15, 0.2) is 0 Å². The lowest BCUT2D eigenvalue weighted by Gasteiger charge is -2.28. The number of unbranched alkanes of at least 4 members (excludes halogenated alkanes) is 19. The minimum atomic E-state index is -1.09.